The maximum absolute atomic E-state index is 13.1. The van der Waals surface area contributed by atoms with E-state index in [1.807, 2.05) is 24.3 Å². The number of phenols is 1. The second-order valence-corrected chi connectivity index (χ2v) is 4.40. The van der Waals surface area contributed by atoms with Crippen LogP contribution in [-0.4, -0.2) is 10.2 Å². The zero-order chi connectivity index (χ0) is 13.7. The van der Waals surface area contributed by atoms with Gasteiger partial charge in [-0.25, -0.2) is 4.39 Å². The fourth-order valence-electron chi connectivity index (χ4n) is 1.85. The van der Waals surface area contributed by atoms with Crippen molar-refractivity contribution >= 4 is 0 Å². The van der Waals surface area contributed by atoms with Crippen molar-refractivity contribution in [3.8, 4) is 5.75 Å². The average molecular weight is 261 g/mol. The normalized spacial score (nSPS) is 10.6. The van der Waals surface area contributed by atoms with Crippen LogP contribution in [0.5, 0.6) is 5.75 Å². The highest BCUT2D eigenvalue weighted by atomic mass is 19.1. The molecule has 0 aliphatic rings. The zero-order valence-corrected chi connectivity index (χ0v) is 10.4. The number of nitrogens with one attached hydrogen (secondary N) is 1. The summed E-state index contributed by atoms with van der Waals surface area (Å²) in [4.78, 5) is 0. The summed E-state index contributed by atoms with van der Waals surface area (Å²) in [5, 5.41) is 21.4. The molecular weight excluding hydrogens is 245 g/mol. The molecule has 0 atom stereocenters. The van der Waals surface area contributed by atoms with E-state index in [1.54, 1.807) is 0 Å². The first-order chi connectivity index (χ1) is 9.17. The molecule has 19 heavy (non-hydrogen) atoms. The second kappa shape index (κ2) is 6.31. The number of aromatic hydroxyl groups is 1. The van der Waals surface area contributed by atoms with E-state index in [1.165, 1.54) is 12.1 Å². The molecule has 0 aliphatic heterocycles. The molecule has 3 nitrogen and oxygen atoms in total. The highest BCUT2D eigenvalue weighted by Gasteiger charge is 2.00. The second-order valence-electron chi connectivity index (χ2n) is 4.40. The summed E-state index contributed by atoms with van der Waals surface area (Å²) in [5.74, 6) is -0.506. The Bertz CT molecular complexity index is 520. The summed E-state index contributed by atoms with van der Waals surface area (Å²) in [6.07, 6.45) is 0. The van der Waals surface area contributed by atoms with Gasteiger partial charge in [-0.05, 0) is 28.8 Å². The molecule has 0 heterocycles. The van der Waals surface area contributed by atoms with Crippen LogP contribution in [0.25, 0.3) is 0 Å². The van der Waals surface area contributed by atoms with Crippen LogP contribution in [0.2, 0.25) is 0 Å². The molecule has 2 aromatic carbocycles. The zero-order valence-electron chi connectivity index (χ0n) is 10.4. The quantitative estimate of drug-likeness (QED) is 0.774. The number of aliphatic hydroxyl groups is 1. The van der Waals surface area contributed by atoms with Crippen molar-refractivity contribution in [2.75, 3.05) is 0 Å². The van der Waals surface area contributed by atoms with Gasteiger partial charge < -0.3 is 15.5 Å². The molecule has 0 saturated heterocycles. The number of halogens is 1. The van der Waals surface area contributed by atoms with E-state index < -0.39 is 5.82 Å². The third-order valence-corrected chi connectivity index (χ3v) is 2.81. The van der Waals surface area contributed by atoms with Crippen LogP contribution in [0.15, 0.2) is 42.5 Å². The molecule has 0 fully saturated rings. The third kappa shape index (κ3) is 4.05. The van der Waals surface area contributed by atoms with Gasteiger partial charge in [0.25, 0.3) is 0 Å². The van der Waals surface area contributed by atoms with Gasteiger partial charge in [0.2, 0.25) is 0 Å². The Morgan fingerprint density at radius 2 is 1.53 bits per heavy atom. The van der Waals surface area contributed by atoms with Gasteiger partial charge in [0.15, 0.2) is 0 Å². The first-order valence-corrected chi connectivity index (χ1v) is 6.05. The predicted molar refractivity (Wildman–Crippen MR) is 71.0 cm³/mol. The first kappa shape index (κ1) is 13.5. The molecular formula is C15H16FNO2. The van der Waals surface area contributed by atoms with E-state index in [0.717, 1.165) is 17.2 Å². The van der Waals surface area contributed by atoms with Crippen LogP contribution in [0, 0.1) is 5.82 Å². The van der Waals surface area contributed by atoms with Crippen LogP contribution < -0.4 is 5.32 Å². The van der Waals surface area contributed by atoms with Crippen LogP contribution in [0.3, 0.4) is 0 Å². The molecule has 4 heteroatoms. The molecule has 100 valence electrons. The fourth-order valence-corrected chi connectivity index (χ4v) is 1.85. The van der Waals surface area contributed by atoms with Gasteiger partial charge in [0.1, 0.15) is 11.6 Å². The van der Waals surface area contributed by atoms with Crippen molar-refractivity contribution in [2.45, 2.75) is 19.7 Å². The lowest BCUT2D eigenvalue weighted by molar-refractivity contribution is 0.282. The molecule has 0 bridgehead atoms. The molecule has 0 aliphatic carbocycles. The fraction of sp³-hybridized carbons (Fsp3) is 0.200. The van der Waals surface area contributed by atoms with E-state index in [0.29, 0.717) is 18.7 Å². The van der Waals surface area contributed by atoms with Crippen LogP contribution in [-0.2, 0) is 19.7 Å². The molecule has 0 aromatic heterocycles. The summed E-state index contributed by atoms with van der Waals surface area (Å²) in [6, 6.07) is 11.6. The van der Waals surface area contributed by atoms with Crippen molar-refractivity contribution in [1.82, 2.24) is 5.32 Å². The number of benzene rings is 2. The van der Waals surface area contributed by atoms with Gasteiger partial charge in [-0.2, -0.15) is 0 Å². The Hall–Kier alpha value is -1.91. The number of rotatable bonds is 5. The number of phenolic OH excluding ortho intramolecular Hbond substituents is 1. The van der Waals surface area contributed by atoms with Crippen molar-refractivity contribution in [2.24, 2.45) is 0 Å². The smallest absolute Gasteiger partial charge is 0.127 e. The van der Waals surface area contributed by atoms with Crippen LogP contribution in [0.1, 0.15) is 16.7 Å². The molecule has 0 amide bonds. The molecule has 0 saturated carbocycles. The highest BCUT2D eigenvalue weighted by molar-refractivity contribution is 5.28. The maximum atomic E-state index is 13.1. The summed E-state index contributed by atoms with van der Waals surface area (Å²) in [7, 11) is 0. The Morgan fingerprint density at radius 1 is 0.895 bits per heavy atom. The Balaban J connectivity index is 1.88. The van der Waals surface area contributed by atoms with Gasteiger partial charge in [0, 0.05) is 19.2 Å². The standard InChI is InChI=1S/C15H16FNO2/c16-14-5-13(6-15(19)7-14)9-17-8-11-1-3-12(10-18)4-2-11/h1-7,17-19H,8-10H2. The van der Waals surface area contributed by atoms with E-state index in [-0.39, 0.29) is 12.4 Å². The monoisotopic (exact) mass is 261 g/mol. The van der Waals surface area contributed by atoms with Crippen LogP contribution in [0.4, 0.5) is 4.39 Å². The Labute approximate surface area is 111 Å². The van der Waals surface area contributed by atoms with Crippen molar-refractivity contribution < 1.29 is 14.6 Å². The minimum atomic E-state index is -0.441. The first-order valence-electron chi connectivity index (χ1n) is 6.05. The number of hydrogen-bond donors (Lipinski definition) is 3. The van der Waals surface area contributed by atoms with Gasteiger partial charge in [-0.1, -0.05) is 24.3 Å². The van der Waals surface area contributed by atoms with Crippen LogP contribution >= 0.6 is 0 Å². The Morgan fingerprint density at radius 3 is 2.16 bits per heavy atom. The summed E-state index contributed by atoms with van der Waals surface area (Å²) in [5.41, 5.74) is 2.65. The van der Waals surface area contributed by atoms with E-state index in [9.17, 15) is 9.50 Å². The lowest BCUT2D eigenvalue weighted by atomic mass is 10.1. The maximum Gasteiger partial charge on any atom is 0.127 e. The molecule has 2 aromatic rings. The summed E-state index contributed by atoms with van der Waals surface area (Å²) >= 11 is 0. The van der Waals surface area contributed by atoms with E-state index >= 15 is 0 Å². The van der Waals surface area contributed by atoms with Gasteiger partial charge in [0.05, 0.1) is 6.61 Å². The molecule has 2 rings (SSSR count). The van der Waals surface area contributed by atoms with Gasteiger partial charge in [-0.15, -0.1) is 0 Å². The van der Waals surface area contributed by atoms with Gasteiger partial charge in [-0.3, -0.25) is 0 Å². The van der Waals surface area contributed by atoms with Crippen molar-refractivity contribution in [3.05, 3.63) is 65.0 Å². The molecule has 3 N–H and O–H groups in total. The SMILES string of the molecule is OCc1ccc(CNCc2cc(O)cc(F)c2)cc1. The van der Waals surface area contributed by atoms with Crippen molar-refractivity contribution in [3.63, 3.8) is 0 Å². The highest BCUT2D eigenvalue weighted by Crippen LogP contribution is 2.14. The molecule has 0 unspecified atom stereocenters. The average Bonchev–Trinajstić information content (AvgIpc) is 2.38. The predicted octanol–water partition coefficient (Wildman–Crippen LogP) is 2.31. The lowest BCUT2D eigenvalue weighted by Crippen LogP contribution is -2.12. The summed E-state index contributed by atoms with van der Waals surface area (Å²) < 4.78 is 13.1. The van der Waals surface area contributed by atoms with Gasteiger partial charge >= 0.3 is 0 Å². The Kier molecular flexibility index (Phi) is 4.49. The number of hydrogen-bond acceptors (Lipinski definition) is 3. The lowest BCUT2D eigenvalue weighted by Gasteiger charge is -2.06. The molecule has 0 radical (unpaired) electrons. The molecule has 0 spiro atoms. The van der Waals surface area contributed by atoms with E-state index in [4.69, 9.17) is 5.11 Å². The van der Waals surface area contributed by atoms with Crippen molar-refractivity contribution in [1.29, 1.82) is 0 Å². The minimum absolute atomic E-state index is 0.0380. The number of aliphatic hydroxyl groups excluding tert-OH is 1. The topological polar surface area (TPSA) is 52.5 Å². The summed E-state index contributed by atoms with van der Waals surface area (Å²) in [6.45, 7) is 1.16. The van der Waals surface area contributed by atoms with E-state index in [2.05, 4.69) is 5.32 Å². The third-order valence-electron chi connectivity index (χ3n) is 2.81. The largest absolute Gasteiger partial charge is 0.508 e. The minimum Gasteiger partial charge on any atom is -0.508 e.